The first-order valence-corrected chi connectivity index (χ1v) is 4.71. The maximum atomic E-state index is 12.5. The average Bonchev–Trinajstić information content (AvgIpc) is 2.25. The van der Waals surface area contributed by atoms with Crippen LogP contribution in [-0.2, 0) is 12.4 Å². The van der Waals surface area contributed by atoms with E-state index in [1.807, 2.05) is 0 Å². The number of rotatable bonds is 1. The second-order valence-corrected chi connectivity index (χ2v) is 3.64. The van der Waals surface area contributed by atoms with Gasteiger partial charge in [0.1, 0.15) is 0 Å². The molecule has 0 spiro atoms. The molecule has 1 aromatic carbocycles. The second-order valence-electron chi connectivity index (χ2n) is 3.64. The molecule has 0 bridgehead atoms. The summed E-state index contributed by atoms with van der Waals surface area (Å²) in [5.41, 5.74) is -3.10. The molecule has 7 heteroatoms. The molecule has 1 nitrogen and oxygen atoms in total. The van der Waals surface area contributed by atoms with Crippen LogP contribution in [0.15, 0.2) is 18.2 Å². The van der Waals surface area contributed by atoms with Gasteiger partial charge in [0.05, 0.1) is 11.1 Å². The van der Waals surface area contributed by atoms with Crippen LogP contribution in [0.1, 0.15) is 29.7 Å². The number of benzene rings is 1. The first-order valence-electron chi connectivity index (χ1n) is 4.71. The Kier molecular flexibility index (Phi) is 3.60. The topological polar surface area (TPSA) is 4.36 Å². The maximum Gasteiger partial charge on any atom is 0.416 e. The predicted octanol–water partition coefficient (Wildman–Crippen LogP) is 4.70. The van der Waals surface area contributed by atoms with Crippen molar-refractivity contribution in [2.75, 3.05) is 0 Å². The van der Waals surface area contributed by atoms with Gasteiger partial charge in [-0.05, 0) is 18.2 Å². The van der Waals surface area contributed by atoms with Gasteiger partial charge in [-0.15, -0.1) is 0 Å². The number of nitrogens with zero attached hydrogens (tertiary/aromatic N) is 1. The van der Waals surface area contributed by atoms with E-state index in [-0.39, 0.29) is 11.6 Å². The zero-order valence-electron chi connectivity index (χ0n) is 9.02. The van der Waals surface area contributed by atoms with Crippen LogP contribution in [0.4, 0.5) is 26.3 Å². The molecule has 1 atom stereocenters. The van der Waals surface area contributed by atoms with Crippen molar-refractivity contribution < 1.29 is 26.3 Å². The van der Waals surface area contributed by atoms with Crippen molar-refractivity contribution >= 4 is 0 Å². The fourth-order valence-corrected chi connectivity index (χ4v) is 1.29. The third-order valence-corrected chi connectivity index (χ3v) is 2.29. The summed E-state index contributed by atoms with van der Waals surface area (Å²) in [5.74, 6) is 0. The van der Waals surface area contributed by atoms with Crippen molar-refractivity contribution in [2.24, 2.45) is 0 Å². The van der Waals surface area contributed by atoms with E-state index in [2.05, 4.69) is 4.85 Å². The Hall–Kier alpha value is -1.71. The summed E-state index contributed by atoms with van der Waals surface area (Å²) >= 11 is 0. The van der Waals surface area contributed by atoms with Crippen LogP contribution in [0.5, 0.6) is 0 Å². The molecule has 98 valence electrons. The van der Waals surface area contributed by atoms with Gasteiger partial charge >= 0.3 is 12.4 Å². The standard InChI is InChI=1S/C11H7F6N/c1-6(18-2)7-3-8(10(12,13)14)5-9(4-7)11(15,16)17/h3-6H,1H3. The Morgan fingerprint density at radius 3 is 1.61 bits per heavy atom. The average molecular weight is 267 g/mol. The lowest BCUT2D eigenvalue weighted by Gasteiger charge is -2.13. The molecule has 1 unspecified atom stereocenters. The highest BCUT2D eigenvalue weighted by Crippen LogP contribution is 2.37. The van der Waals surface area contributed by atoms with Gasteiger partial charge in [0.25, 0.3) is 0 Å². The molecule has 1 rings (SSSR count). The van der Waals surface area contributed by atoms with E-state index < -0.39 is 29.5 Å². The van der Waals surface area contributed by atoms with Crippen LogP contribution >= 0.6 is 0 Å². The Morgan fingerprint density at radius 1 is 0.944 bits per heavy atom. The van der Waals surface area contributed by atoms with E-state index in [4.69, 9.17) is 6.57 Å². The molecule has 0 amide bonds. The monoisotopic (exact) mass is 267 g/mol. The SMILES string of the molecule is [C-]#[N+]C(C)c1cc(C(F)(F)F)cc(C(F)(F)F)c1. The number of hydrogen-bond donors (Lipinski definition) is 0. The number of halogens is 6. The van der Waals surface area contributed by atoms with Gasteiger partial charge in [-0.25, -0.2) is 6.57 Å². The van der Waals surface area contributed by atoms with Crippen LogP contribution in [0.3, 0.4) is 0 Å². The van der Waals surface area contributed by atoms with Gasteiger partial charge in [0.15, 0.2) is 0 Å². The lowest BCUT2D eigenvalue weighted by Crippen LogP contribution is -2.12. The maximum absolute atomic E-state index is 12.5. The molecule has 0 saturated carbocycles. The van der Waals surface area contributed by atoms with Crippen molar-refractivity contribution in [2.45, 2.75) is 25.3 Å². The van der Waals surface area contributed by atoms with Crippen LogP contribution in [0.25, 0.3) is 4.85 Å². The lowest BCUT2D eigenvalue weighted by molar-refractivity contribution is -0.143. The van der Waals surface area contributed by atoms with E-state index in [1.54, 1.807) is 0 Å². The summed E-state index contributed by atoms with van der Waals surface area (Å²) in [5, 5.41) is 0. The molecule has 0 aromatic heterocycles. The molecule has 0 fully saturated rings. The zero-order chi connectivity index (χ0) is 14.1. The van der Waals surface area contributed by atoms with Crippen molar-refractivity contribution in [3.8, 4) is 0 Å². The van der Waals surface area contributed by atoms with E-state index in [1.165, 1.54) is 6.92 Å². The van der Waals surface area contributed by atoms with Crippen molar-refractivity contribution in [3.05, 3.63) is 46.3 Å². The first-order chi connectivity index (χ1) is 8.05. The van der Waals surface area contributed by atoms with Crippen LogP contribution in [0, 0.1) is 6.57 Å². The lowest BCUT2D eigenvalue weighted by atomic mass is 10.0. The summed E-state index contributed by atoms with van der Waals surface area (Å²) in [7, 11) is 0. The van der Waals surface area contributed by atoms with E-state index in [0.717, 1.165) is 0 Å². The third-order valence-electron chi connectivity index (χ3n) is 2.29. The fourth-order valence-electron chi connectivity index (χ4n) is 1.29. The Morgan fingerprint density at radius 2 is 1.33 bits per heavy atom. The van der Waals surface area contributed by atoms with Crippen LogP contribution in [-0.4, -0.2) is 0 Å². The van der Waals surface area contributed by atoms with E-state index in [9.17, 15) is 26.3 Å². The highest BCUT2D eigenvalue weighted by molar-refractivity contribution is 5.35. The molecular weight excluding hydrogens is 260 g/mol. The molecule has 0 saturated heterocycles. The summed E-state index contributed by atoms with van der Waals surface area (Å²) in [6, 6.07) is 0.115. The van der Waals surface area contributed by atoms with Crippen molar-refractivity contribution in [3.63, 3.8) is 0 Å². The number of alkyl halides is 6. The zero-order valence-corrected chi connectivity index (χ0v) is 9.02. The van der Waals surface area contributed by atoms with Gasteiger partial charge in [-0.3, -0.25) is 0 Å². The van der Waals surface area contributed by atoms with Gasteiger partial charge in [0, 0.05) is 12.5 Å². The molecule has 1 aromatic rings. The normalized spacial score (nSPS) is 14.1. The minimum Gasteiger partial charge on any atom is -0.309 e. The van der Waals surface area contributed by atoms with Gasteiger partial charge in [-0.2, -0.15) is 26.3 Å². The van der Waals surface area contributed by atoms with Gasteiger partial charge in [-0.1, -0.05) is 0 Å². The molecule has 0 aliphatic heterocycles. The minimum absolute atomic E-state index is 0.0418. The largest absolute Gasteiger partial charge is 0.416 e. The van der Waals surface area contributed by atoms with Crippen molar-refractivity contribution in [1.29, 1.82) is 0 Å². The summed E-state index contributed by atoms with van der Waals surface area (Å²) in [6.45, 7) is 7.90. The molecule has 0 aliphatic carbocycles. The summed E-state index contributed by atoms with van der Waals surface area (Å²) in [6.07, 6.45) is -9.75. The Balaban J connectivity index is 3.45. The summed E-state index contributed by atoms with van der Waals surface area (Å²) < 4.78 is 74.8. The molecular formula is C11H7F6N. The van der Waals surface area contributed by atoms with E-state index >= 15 is 0 Å². The Labute approximate surface area is 98.9 Å². The summed E-state index contributed by atoms with van der Waals surface area (Å²) in [4.78, 5) is 2.92. The quantitative estimate of drug-likeness (QED) is 0.513. The highest BCUT2D eigenvalue weighted by Gasteiger charge is 2.37. The van der Waals surface area contributed by atoms with Gasteiger partial charge < -0.3 is 4.85 Å². The van der Waals surface area contributed by atoms with E-state index in [0.29, 0.717) is 12.1 Å². The highest BCUT2D eigenvalue weighted by atomic mass is 19.4. The fraction of sp³-hybridized carbons (Fsp3) is 0.364. The molecule has 18 heavy (non-hydrogen) atoms. The van der Waals surface area contributed by atoms with Gasteiger partial charge in [0.2, 0.25) is 6.04 Å². The molecule has 0 radical (unpaired) electrons. The smallest absolute Gasteiger partial charge is 0.309 e. The van der Waals surface area contributed by atoms with Crippen LogP contribution in [0.2, 0.25) is 0 Å². The van der Waals surface area contributed by atoms with Crippen molar-refractivity contribution in [1.82, 2.24) is 0 Å². The molecule has 0 N–H and O–H groups in total. The predicted molar refractivity (Wildman–Crippen MR) is 51.5 cm³/mol. The Bertz CT molecular complexity index is 448. The minimum atomic E-state index is -4.88. The molecule has 0 aliphatic rings. The molecule has 0 heterocycles. The van der Waals surface area contributed by atoms with Crippen LogP contribution < -0.4 is 0 Å². The third kappa shape index (κ3) is 3.15. The number of hydrogen-bond acceptors (Lipinski definition) is 0. The second kappa shape index (κ2) is 4.52. The first kappa shape index (κ1) is 14.4.